The Kier molecular flexibility index (Phi) is 4.83. The lowest BCUT2D eigenvalue weighted by Gasteiger charge is -2.23. The van der Waals surface area contributed by atoms with Crippen molar-refractivity contribution < 1.29 is 8.42 Å². The highest BCUT2D eigenvalue weighted by Crippen LogP contribution is 2.31. The average Bonchev–Trinajstić information content (AvgIpc) is 3.20. The Morgan fingerprint density at radius 1 is 1.20 bits per heavy atom. The predicted octanol–water partition coefficient (Wildman–Crippen LogP) is 2.10. The van der Waals surface area contributed by atoms with Crippen molar-refractivity contribution in [2.24, 2.45) is 11.7 Å². The molecule has 0 saturated heterocycles. The highest BCUT2D eigenvalue weighted by atomic mass is 32.2. The molecular weight excluding hydrogens is 272 g/mol. The molecule has 0 spiro atoms. The molecule has 112 valence electrons. The molecular formula is C15H24N2O2S. The SMILES string of the molecule is CC(C)CN(C1CC1)S(=O)(=O)Cc1ccc(CN)cc1. The molecule has 0 aromatic heterocycles. The van der Waals surface area contributed by atoms with Crippen LogP contribution in [0, 0.1) is 5.92 Å². The standard InChI is InChI=1S/C15H24N2O2S/c1-12(2)10-17(15-7-8-15)20(18,19)11-14-5-3-13(9-16)4-6-14/h3-6,12,15H,7-11,16H2,1-2H3. The first-order valence-corrected chi connectivity index (χ1v) is 8.80. The number of benzene rings is 1. The van der Waals surface area contributed by atoms with Crippen molar-refractivity contribution in [3.63, 3.8) is 0 Å². The smallest absolute Gasteiger partial charge is 0.218 e. The lowest BCUT2D eigenvalue weighted by molar-refractivity contribution is 0.359. The van der Waals surface area contributed by atoms with Crippen molar-refractivity contribution in [3.05, 3.63) is 35.4 Å². The van der Waals surface area contributed by atoms with E-state index in [0.29, 0.717) is 19.0 Å². The fourth-order valence-corrected chi connectivity index (χ4v) is 4.25. The van der Waals surface area contributed by atoms with E-state index in [-0.39, 0.29) is 11.8 Å². The van der Waals surface area contributed by atoms with Gasteiger partial charge < -0.3 is 5.73 Å². The van der Waals surface area contributed by atoms with Crippen LogP contribution < -0.4 is 5.73 Å². The molecule has 1 aromatic carbocycles. The van der Waals surface area contributed by atoms with Crippen LogP contribution in [0.4, 0.5) is 0 Å². The number of rotatable bonds is 7. The van der Waals surface area contributed by atoms with Crippen LogP contribution in [-0.2, 0) is 22.3 Å². The number of nitrogens with zero attached hydrogens (tertiary/aromatic N) is 1. The van der Waals surface area contributed by atoms with Gasteiger partial charge in [-0.15, -0.1) is 0 Å². The molecule has 0 amide bonds. The van der Waals surface area contributed by atoms with Gasteiger partial charge in [0.2, 0.25) is 10.0 Å². The van der Waals surface area contributed by atoms with Gasteiger partial charge in [0.25, 0.3) is 0 Å². The summed E-state index contributed by atoms with van der Waals surface area (Å²) >= 11 is 0. The molecule has 0 atom stereocenters. The molecule has 5 heteroatoms. The normalized spacial score (nSPS) is 16.1. The minimum absolute atomic E-state index is 0.0844. The van der Waals surface area contributed by atoms with E-state index in [9.17, 15) is 8.42 Å². The molecule has 0 unspecified atom stereocenters. The molecule has 4 nitrogen and oxygen atoms in total. The minimum atomic E-state index is -3.22. The molecule has 1 aliphatic carbocycles. The van der Waals surface area contributed by atoms with Crippen molar-refractivity contribution in [1.82, 2.24) is 4.31 Å². The topological polar surface area (TPSA) is 63.4 Å². The van der Waals surface area contributed by atoms with E-state index in [4.69, 9.17) is 5.73 Å². The van der Waals surface area contributed by atoms with Gasteiger partial charge in [0.15, 0.2) is 0 Å². The van der Waals surface area contributed by atoms with Crippen LogP contribution in [0.2, 0.25) is 0 Å². The van der Waals surface area contributed by atoms with E-state index >= 15 is 0 Å². The zero-order chi connectivity index (χ0) is 14.8. The van der Waals surface area contributed by atoms with Crippen molar-refractivity contribution in [1.29, 1.82) is 0 Å². The molecule has 20 heavy (non-hydrogen) atoms. The summed E-state index contributed by atoms with van der Waals surface area (Å²) in [6.07, 6.45) is 2.00. The van der Waals surface area contributed by atoms with Crippen LogP contribution in [0.25, 0.3) is 0 Å². The van der Waals surface area contributed by atoms with Crippen LogP contribution in [-0.4, -0.2) is 25.3 Å². The summed E-state index contributed by atoms with van der Waals surface area (Å²) in [6, 6.07) is 7.75. The van der Waals surface area contributed by atoms with Gasteiger partial charge in [0.05, 0.1) is 5.75 Å². The Bertz CT molecular complexity index is 533. The van der Waals surface area contributed by atoms with E-state index in [1.54, 1.807) is 4.31 Å². The minimum Gasteiger partial charge on any atom is -0.326 e. The molecule has 0 heterocycles. The first-order valence-electron chi connectivity index (χ1n) is 7.20. The Labute approximate surface area is 122 Å². The third-order valence-electron chi connectivity index (χ3n) is 3.46. The maximum absolute atomic E-state index is 12.6. The van der Waals surface area contributed by atoms with Gasteiger partial charge in [-0.3, -0.25) is 0 Å². The van der Waals surface area contributed by atoms with Crippen molar-refractivity contribution in [2.45, 2.75) is 45.0 Å². The van der Waals surface area contributed by atoms with Gasteiger partial charge in [-0.2, -0.15) is 4.31 Å². The second kappa shape index (κ2) is 6.24. The summed E-state index contributed by atoms with van der Waals surface area (Å²) in [7, 11) is -3.22. The summed E-state index contributed by atoms with van der Waals surface area (Å²) in [4.78, 5) is 0. The molecule has 2 N–H and O–H groups in total. The first kappa shape index (κ1) is 15.5. The van der Waals surface area contributed by atoms with Crippen LogP contribution >= 0.6 is 0 Å². The molecule has 1 saturated carbocycles. The quantitative estimate of drug-likeness (QED) is 0.838. The number of sulfonamides is 1. The van der Waals surface area contributed by atoms with Crippen molar-refractivity contribution in [2.75, 3.05) is 6.54 Å². The van der Waals surface area contributed by atoms with E-state index in [2.05, 4.69) is 13.8 Å². The zero-order valence-electron chi connectivity index (χ0n) is 12.2. The Morgan fingerprint density at radius 3 is 2.20 bits per heavy atom. The second-order valence-electron chi connectivity index (χ2n) is 5.97. The van der Waals surface area contributed by atoms with Crippen LogP contribution in [0.15, 0.2) is 24.3 Å². The first-order chi connectivity index (χ1) is 9.42. The Balaban J connectivity index is 2.11. The third kappa shape index (κ3) is 4.04. The fraction of sp³-hybridized carbons (Fsp3) is 0.600. The van der Waals surface area contributed by atoms with Gasteiger partial charge in [-0.05, 0) is 29.9 Å². The summed E-state index contributed by atoms with van der Waals surface area (Å²) in [5.41, 5.74) is 7.40. The van der Waals surface area contributed by atoms with Gasteiger partial charge in [-0.25, -0.2) is 8.42 Å². The number of nitrogens with two attached hydrogens (primary N) is 1. The van der Waals surface area contributed by atoms with E-state index in [0.717, 1.165) is 24.0 Å². The van der Waals surface area contributed by atoms with Gasteiger partial charge in [0, 0.05) is 19.1 Å². The van der Waals surface area contributed by atoms with Crippen LogP contribution in [0.5, 0.6) is 0 Å². The van der Waals surface area contributed by atoms with Crippen LogP contribution in [0.1, 0.15) is 37.8 Å². The van der Waals surface area contributed by atoms with Gasteiger partial charge in [0.1, 0.15) is 0 Å². The fourth-order valence-electron chi connectivity index (χ4n) is 2.28. The monoisotopic (exact) mass is 296 g/mol. The summed E-state index contributed by atoms with van der Waals surface area (Å²) in [5, 5.41) is 0. The zero-order valence-corrected chi connectivity index (χ0v) is 13.1. The van der Waals surface area contributed by atoms with E-state index in [1.165, 1.54) is 0 Å². The Morgan fingerprint density at radius 2 is 1.75 bits per heavy atom. The molecule has 0 bridgehead atoms. The largest absolute Gasteiger partial charge is 0.326 e. The van der Waals surface area contributed by atoms with Crippen LogP contribution in [0.3, 0.4) is 0 Å². The molecule has 1 aromatic rings. The van der Waals surface area contributed by atoms with Gasteiger partial charge >= 0.3 is 0 Å². The van der Waals surface area contributed by atoms with E-state index < -0.39 is 10.0 Å². The van der Waals surface area contributed by atoms with E-state index in [1.807, 2.05) is 24.3 Å². The molecule has 1 aliphatic rings. The lowest BCUT2D eigenvalue weighted by atomic mass is 10.1. The summed E-state index contributed by atoms with van der Waals surface area (Å²) < 4.78 is 26.8. The van der Waals surface area contributed by atoms with Crippen molar-refractivity contribution in [3.8, 4) is 0 Å². The number of hydrogen-bond donors (Lipinski definition) is 1. The average molecular weight is 296 g/mol. The highest BCUT2D eigenvalue weighted by molar-refractivity contribution is 7.88. The predicted molar refractivity (Wildman–Crippen MR) is 81.5 cm³/mol. The lowest BCUT2D eigenvalue weighted by Crippen LogP contribution is -2.36. The third-order valence-corrected chi connectivity index (χ3v) is 5.32. The van der Waals surface area contributed by atoms with Crippen molar-refractivity contribution >= 4 is 10.0 Å². The summed E-state index contributed by atoms with van der Waals surface area (Å²) in [6.45, 7) is 5.21. The highest BCUT2D eigenvalue weighted by Gasteiger charge is 2.37. The Hall–Kier alpha value is -0.910. The molecule has 1 fully saturated rings. The molecule has 2 rings (SSSR count). The maximum Gasteiger partial charge on any atom is 0.218 e. The molecule has 0 radical (unpaired) electrons. The maximum atomic E-state index is 12.6. The number of hydrogen-bond acceptors (Lipinski definition) is 3. The molecule has 0 aliphatic heterocycles. The second-order valence-corrected chi connectivity index (χ2v) is 7.89. The van der Waals surface area contributed by atoms with Gasteiger partial charge in [-0.1, -0.05) is 38.1 Å². The summed E-state index contributed by atoms with van der Waals surface area (Å²) in [5.74, 6) is 0.436.